The molecule has 1 aromatic carbocycles. The van der Waals surface area contributed by atoms with Crippen molar-refractivity contribution in [3.05, 3.63) is 52.8 Å². The summed E-state index contributed by atoms with van der Waals surface area (Å²) in [7, 11) is 0. The number of halogens is 1. The van der Waals surface area contributed by atoms with E-state index >= 15 is 0 Å². The van der Waals surface area contributed by atoms with Gasteiger partial charge in [0.25, 0.3) is 5.91 Å². The molecule has 0 saturated carbocycles. The van der Waals surface area contributed by atoms with Gasteiger partial charge in [0, 0.05) is 23.8 Å². The number of benzene rings is 1. The molecule has 0 unspecified atom stereocenters. The molecule has 0 aliphatic carbocycles. The number of nitrogens with one attached hydrogen (secondary N) is 1. The summed E-state index contributed by atoms with van der Waals surface area (Å²) in [6.45, 7) is 7.04. The highest BCUT2D eigenvalue weighted by atomic mass is 35.5. The molecule has 0 aliphatic rings. The van der Waals surface area contributed by atoms with Gasteiger partial charge >= 0.3 is 0 Å². The van der Waals surface area contributed by atoms with E-state index in [1.54, 1.807) is 0 Å². The second-order valence-electron chi connectivity index (χ2n) is 5.39. The molecule has 6 heteroatoms. The van der Waals surface area contributed by atoms with E-state index in [9.17, 15) is 4.79 Å². The predicted octanol–water partition coefficient (Wildman–Crippen LogP) is 2.05. The van der Waals surface area contributed by atoms with E-state index in [2.05, 4.69) is 16.5 Å². The van der Waals surface area contributed by atoms with E-state index in [0.29, 0.717) is 18.7 Å². The first-order valence-corrected chi connectivity index (χ1v) is 7.10. The van der Waals surface area contributed by atoms with Crippen molar-refractivity contribution in [2.45, 2.75) is 33.4 Å². The summed E-state index contributed by atoms with van der Waals surface area (Å²) in [6.07, 6.45) is 0. The number of amides is 1. The highest BCUT2D eigenvalue weighted by Crippen LogP contribution is 2.09. The first-order chi connectivity index (χ1) is 9.99. The first-order valence-electron chi connectivity index (χ1n) is 7.10. The van der Waals surface area contributed by atoms with Crippen molar-refractivity contribution in [1.29, 1.82) is 0 Å². The summed E-state index contributed by atoms with van der Waals surface area (Å²) in [5, 5.41) is 7.28. The lowest BCUT2D eigenvalue weighted by molar-refractivity contribution is 0.0941. The molecule has 1 amide bonds. The number of aryl methyl sites for hydroxylation is 2. The number of nitrogens with two attached hydrogens (primary N) is 1. The van der Waals surface area contributed by atoms with Crippen LogP contribution in [0.2, 0.25) is 0 Å². The van der Waals surface area contributed by atoms with Gasteiger partial charge in [-0.15, -0.1) is 12.4 Å². The summed E-state index contributed by atoms with van der Waals surface area (Å²) >= 11 is 0. The molecule has 22 heavy (non-hydrogen) atoms. The van der Waals surface area contributed by atoms with E-state index in [1.807, 2.05) is 49.7 Å². The van der Waals surface area contributed by atoms with E-state index in [1.165, 1.54) is 0 Å². The third-order valence-corrected chi connectivity index (χ3v) is 3.38. The average Bonchev–Trinajstić information content (AvgIpc) is 2.77. The van der Waals surface area contributed by atoms with Crippen molar-refractivity contribution in [3.8, 4) is 0 Å². The van der Waals surface area contributed by atoms with E-state index in [4.69, 9.17) is 5.73 Å². The summed E-state index contributed by atoms with van der Waals surface area (Å²) in [6, 6.07) is 9.61. The van der Waals surface area contributed by atoms with Crippen molar-refractivity contribution in [2.24, 2.45) is 5.73 Å². The largest absolute Gasteiger partial charge is 0.348 e. The van der Waals surface area contributed by atoms with Gasteiger partial charge in [0.1, 0.15) is 0 Å². The van der Waals surface area contributed by atoms with Crippen molar-refractivity contribution in [2.75, 3.05) is 6.54 Å². The van der Waals surface area contributed by atoms with Crippen LogP contribution in [0.5, 0.6) is 0 Å². The number of nitrogens with zero attached hydrogens (tertiary/aromatic N) is 2. The van der Waals surface area contributed by atoms with Crippen LogP contribution in [0.4, 0.5) is 0 Å². The Balaban J connectivity index is 0.00000242. The molecule has 1 aromatic heterocycles. The van der Waals surface area contributed by atoms with Gasteiger partial charge in [0.05, 0.1) is 12.2 Å². The minimum Gasteiger partial charge on any atom is -0.348 e. The summed E-state index contributed by atoms with van der Waals surface area (Å²) in [5.41, 5.74) is 9.41. The lowest BCUT2D eigenvalue weighted by Crippen LogP contribution is -2.37. The van der Waals surface area contributed by atoms with Gasteiger partial charge < -0.3 is 11.1 Å². The SMILES string of the molecule is Cc1cc(C)n(Cc2ccc(C(=O)N[C@@H](C)CN)cc2)n1.Cl. The van der Waals surface area contributed by atoms with Crippen molar-refractivity contribution in [3.63, 3.8) is 0 Å². The molecule has 0 fully saturated rings. The number of aromatic nitrogens is 2. The van der Waals surface area contributed by atoms with Crippen LogP contribution >= 0.6 is 12.4 Å². The fourth-order valence-electron chi connectivity index (χ4n) is 2.14. The summed E-state index contributed by atoms with van der Waals surface area (Å²) in [5.74, 6) is -0.0920. The van der Waals surface area contributed by atoms with Crippen LogP contribution < -0.4 is 11.1 Å². The summed E-state index contributed by atoms with van der Waals surface area (Å²) in [4.78, 5) is 12.0. The maximum atomic E-state index is 12.0. The molecular formula is C16H23ClN4O. The molecule has 1 heterocycles. The average molecular weight is 323 g/mol. The van der Waals surface area contributed by atoms with E-state index < -0.39 is 0 Å². The molecule has 0 saturated heterocycles. The molecule has 0 radical (unpaired) electrons. The zero-order valence-electron chi connectivity index (χ0n) is 13.2. The molecule has 0 aliphatic heterocycles. The monoisotopic (exact) mass is 322 g/mol. The third kappa shape index (κ3) is 4.58. The second-order valence-corrected chi connectivity index (χ2v) is 5.39. The Morgan fingerprint density at radius 1 is 1.32 bits per heavy atom. The lowest BCUT2D eigenvalue weighted by Gasteiger charge is -2.11. The summed E-state index contributed by atoms with van der Waals surface area (Å²) < 4.78 is 1.96. The predicted molar refractivity (Wildman–Crippen MR) is 90.5 cm³/mol. The van der Waals surface area contributed by atoms with Gasteiger partial charge in [0.15, 0.2) is 0 Å². The van der Waals surface area contributed by atoms with Gasteiger partial charge in [-0.1, -0.05) is 12.1 Å². The van der Waals surface area contributed by atoms with Crippen LogP contribution in [0, 0.1) is 13.8 Å². The molecule has 0 spiro atoms. The Morgan fingerprint density at radius 2 is 1.95 bits per heavy atom. The van der Waals surface area contributed by atoms with Gasteiger partial charge in [-0.2, -0.15) is 5.10 Å². The molecule has 1 atom stereocenters. The van der Waals surface area contributed by atoms with Gasteiger partial charge in [-0.3, -0.25) is 9.48 Å². The highest BCUT2D eigenvalue weighted by molar-refractivity contribution is 5.94. The Morgan fingerprint density at radius 3 is 2.45 bits per heavy atom. The zero-order valence-corrected chi connectivity index (χ0v) is 14.0. The van der Waals surface area contributed by atoms with Crippen LogP contribution in [0.15, 0.2) is 30.3 Å². The zero-order chi connectivity index (χ0) is 15.4. The number of hydrogen-bond acceptors (Lipinski definition) is 3. The van der Waals surface area contributed by atoms with Crippen LogP contribution in [-0.2, 0) is 6.54 Å². The topological polar surface area (TPSA) is 72.9 Å². The lowest BCUT2D eigenvalue weighted by atomic mass is 10.1. The molecule has 5 nitrogen and oxygen atoms in total. The van der Waals surface area contributed by atoms with Gasteiger partial charge in [0.2, 0.25) is 0 Å². The number of hydrogen-bond donors (Lipinski definition) is 2. The minimum absolute atomic E-state index is 0. The minimum atomic E-state index is -0.0920. The molecule has 3 N–H and O–H groups in total. The molecule has 2 aromatic rings. The fraction of sp³-hybridized carbons (Fsp3) is 0.375. The molecule has 2 rings (SSSR count). The highest BCUT2D eigenvalue weighted by Gasteiger charge is 2.09. The van der Waals surface area contributed by atoms with Crippen LogP contribution in [-0.4, -0.2) is 28.3 Å². The van der Waals surface area contributed by atoms with Crippen molar-refractivity contribution < 1.29 is 4.79 Å². The normalized spacial score (nSPS) is 11.6. The second kappa shape index (κ2) is 7.96. The van der Waals surface area contributed by atoms with Crippen molar-refractivity contribution in [1.82, 2.24) is 15.1 Å². The Labute approximate surface area is 137 Å². The molecule has 0 bridgehead atoms. The van der Waals surface area contributed by atoms with Crippen LogP contribution in [0.3, 0.4) is 0 Å². The number of carbonyl (C=O) groups is 1. The van der Waals surface area contributed by atoms with Crippen molar-refractivity contribution >= 4 is 18.3 Å². The van der Waals surface area contributed by atoms with Crippen LogP contribution in [0.1, 0.15) is 34.2 Å². The number of rotatable bonds is 5. The maximum Gasteiger partial charge on any atom is 0.251 e. The first kappa shape index (κ1) is 18.2. The maximum absolute atomic E-state index is 12.0. The van der Waals surface area contributed by atoms with E-state index in [-0.39, 0.29) is 24.4 Å². The Bertz CT molecular complexity index is 622. The molecule has 120 valence electrons. The third-order valence-electron chi connectivity index (χ3n) is 3.38. The number of carbonyl (C=O) groups excluding carboxylic acids is 1. The fourth-order valence-corrected chi connectivity index (χ4v) is 2.14. The van der Waals surface area contributed by atoms with Gasteiger partial charge in [-0.25, -0.2) is 0 Å². The standard InChI is InChI=1S/C16H22N4O.ClH/c1-11-8-13(3)20(19-11)10-14-4-6-15(7-5-14)16(21)18-12(2)9-17;/h4-8,12H,9-10,17H2,1-3H3,(H,18,21);1H/t12-;/m0./s1. The quantitative estimate of drug-likeness (QED) is 0.885. The Kier molecular flexibility index (Phi) is 6.59. The Hall–Kier alpha value is -1.85. The molecular weight excluding hydrogens is 300 g/mol. The van der Waals surface area contributed by atoms with E-state index in [0.717, 1.165) is 17.0 Å². The van der Waals surface area contributed by atoms with Gasteiger partial charge in [-0.05, 0) is 44.5 Å². The smallest absolute Gasteiger partial charge is 0.251 e. The van der Waals surface area contributed by atoms with Crippen LogP contribution in [0.25, 0.3) is 0 Å².